The molecule has 4 nitrogen and oxygen atoms in total. The van der Waals surface area contributed by atoms with Crippen LogP contribution in [0.4, 0.5) is 19.0 Å². The normalized spacial score (nSPS) is 11.3. The number of halogens is 3. The van der Waals surface area contributed by atoms with Crippen LogP contribution < -0.4 is 5.73 Å². The number of carbonyl (C=O) groups excluding carboxylic acids is 1. The third kappa shape index (κ3) is 4.88. The highest BCUT2D eigenvalue weighted by molar-refractivity contribution is 7.99. The Bertz CT molecular complexity index is 692. The van der Waals surface area contributed by atoms with Gasteiger partial charge in [0.05, 0.1) is 5.56 Å². The van der Waals surface area contributed by atoms with Crippen LogP contribution in [0.25, 0.3) is 0 Å². The van der Waals surface area contributed by atoms with Gasteiger partial charge in [0.25, 0.3) is 0 Å². The summed E-state index contributed by atoms with van der Waals surface area (Å²) in [6, 6.07) is 8.03. The van der Waals surface area contributed by atoms with Gasteiger partial charge in [-0.15, -0.1) is 11.8 Å². The molecule has 0 radical (unpaired) electrons. The van der Waals surface area contributed by atoms with Crippen LogP contribution in [0.2, 0.25) is 0 Å². The molecule has 0 saturated carbocycles. The third-order valence-corrected chi connectivity index (χ3v) is 3.76. The summed E-state index contributed by atoms with van der Waals surface area (Å²) in [4.78, 5) is 16.0. The number of hydrogen-bond donors (Lipinski definition) is 1. The molecule has 1 aromatic carbocycles. The molecular formula is C15H13F3N2O2S. The lowest BCUT2D eigenvalue weighted by atomic mass is 10.2. The monoisotopic (exact) mass is 342 g/mol. The molecule has 0 aliphatic rings. The summed E-state index contributed by atoms with van der Waals surface area (Å²) < 4.78 is 42.8. The van der Waals surface area contributed by atoms with Crippen LogP contribution in [0.5, 0.6) is 0 Å². The first kappa shape index (κ1) is 17.1. The maximum absolute atomic E-state index is 12.6. The first-order chi connectivity index (χ1) is 10.9. The van der Waals surface area contributed by atoms with Crippen LogP contribution in [0.15, 0.2) is 47.5 Å². The Morgan fingerprint density at radius 3 is 2.74 bits per heavy atom. The van der Waals surface area contributed by atoms with Crippen molar-refractivity contribution in [1.82, 2.24) is 4.98 Å². The van der Waals surface area contributed by atoms with E-state index in [0.717, 1.165) is 12.1 Å². The zero-order chi connectivity index (χ0) is 16.9. The molecule has 2 rings (SSSR count). The minimum absolute atomic E-state index is 0.0497. The van der Waals surface area contributed by atoms with E-state index in [1.807, 2.05) is 0 Å². The summed E-state index contributed by atoms with van der Waals surface area (Å²) in [7, 11) is 0. The van der Waals surface area contributed by atoms with Gasteiger partial charge < -0.3 is 10.5 Å². The van der Waals surface area contributed by atoms with E-state index >= 15 is 0 Å². The standard InChI is InChI=1S/C15H13F3N2O2S/c16-15(17,18)10-3-1-4-11(9-10)23-8-7-22-14(21)12-5-2-6-20-13(12)19/h1-6,9H,7-8H2,(H2,19,20). The van der Waals surface area contributed by atoms with Crippen molar-refractivity contribution < 1.29 is 22.7 Å². The number of benzene rings is 1. The Kier molecular flexibility index (Phi) is 5.49. The molecule has 0 fully saturated rings. The van der Waals surface area contributed by atoms with Gasteiger partial charge in [0.2, 0.25) is 0 Å². The highest BCUT2D eigenvalue weighted by atomic mass is 32.2. The summed E-state index contributed by atoms with van der Waals surface area (Å²) in [6.07, 6.45) is -2.92. The number of esters is 1. The summed E-state index contributed by atoms with van der Waals surface area (Å²) >= 11 is 1.17. The third-order valence-electron chi connectivity index (χ3n) is 2.81. The van der Waals surface area contributed by atoms with Crippen molar-refractivity contribution >= 4 is 23.5 Å². The smallest absolute Gasteiger partial charge is 0.416 e. The Morgan fingerprint density at radius 2 is 2.04 bits per heavy atom. The number of anilines is 1. The van der Waals surface area contributed by atoms with Crippen molar-refractivity contribution in [3.63, 3.8) is 0 Å². The van der Waals surface area contributed by atoms with Gasteiger partial charge in [-0.3, -0.25) is 0 Å². The molecule has 0 amide bonds. The fourth-order valence-corrected chi connectivity index (χ4v) is 2.51. The van der Waals surface area contributed by atoms with Crippen molar-refractivity contribution in [3.8, 4) is 0 Å². The van der Waals surface area contributed by atoms with Gasteiger partial charge in [-0.25, -0.2) is 9.78 Å². The predicted octanol–water partition coefficient (Wildman–Crippen LogP) is 3.63. The molecule has 0 bridgehead atoms. The van der Waals surface area contributed by atoms with E-state index in [-0.39, 0.29) is 18.0 Å². The number of nitrogens with zero attached hydrogens (tertiary/aromatic N) is 1. The summed E-state index contributed by atoms with van der Waals surface area (Å²) in [5, 5.41) is 0. The van der Waals surface area contributed by atoms with Crippen molar-refractivity contribution in [3.05, 3.63) is 53.7 Å². The lowest BCUT2D eigenvalue weighted by Gasteiger charge is -2.09. The maximum Gasteiger partial charge on any atom is 0.416 e. The number of thioether (sulfide) groups is 1. The molecule has 0 unspecified atom stereocenters. The first-order valence-electron chi connectivity index (χ1n) is 6.55. The molecule has 122 valence electrons. The topological polar surface area (TPSA) is 65.2 Å². The molecule has 0 aliphatic heterocycles. The number of nitrogens with two attached hydrogens (primary N) is 1. The lowest BCUT2D eigenvalue weighted by molar-refractivity contribution is -0.137. The summed E-state index contributed by atoms with van der Waals surface area (Å²) in [5.74, 6) is -0.212. The molecule has 1 aromatic heterocycles. The Morgan fingerprint density at radius 1 is 1.26 bits per heavy atom. The minimum Gasteiger partial charge on any atom is -0.461 e. The average molecular weight is 342 g/mol. The molecule has 23 heavy (non-hydrogen) atoms. The SMILES string of the molecule is Nc1ncccc1C(=O)OCCSc1cccc(C(F)(F)F)c1. The van der Waals surface area contributed by atoms with E-state index in [1.54, 1.807) is 12.1 Å². The number of aromatic nitrogens is 1. The lowest BCUT2D eigenvalue weighted by Crippen LogP contribution is -2.11. The molecule has 2 aromatic rings. The number of hydrogen-bond acceptors (Lipinski definition) is 5. The van der Waals surface area contributed by atoms with E-state index in [9.17, 15) is 18.0 Å². The van der Waals surface area contributed by atoms with E-state index in [4.69, 9.17) is 10.5 Å². The molecule has 1 heterocycles. The number of ether oxygens (including phenoxy) is 1. The Balaban J connectivity index is 1.84. The van der Waals surface area contributed by atoms with Crippen LogP contribution in [0.1, 0.15) is 15.9 Å². The van der Waals surface area contributed by atoms with E-state index < -0.39 is 17.7 Å². The number of nitrogen functional groups attached to an aromatic ring is 1. The number of pyridine rings is 1. The summed E-state index contributed by atoms with van der Waals surface area (Å²) in [6.45, 7) is 0.0497. The highest BCUT2D eigenvalue weighted by Crippen LogP contribution is 2.31. The highest BCUT2D eigenvalue weighted by Gasteiger charge is 2.30. The van der Waals surface area contributed by atoms with Crippen molar-refractivity contribution in [1.29, 1.82) is 0 Å². The van der Waals surface area contributed by atoms with E-state index in [2.05, 4.69) is 4.98 Å². The zero-order valence-electron chi connectivity index (χ0n) is 11.8. The van der Waals surface area contributed by atoms with Crippen LogP contribution >= 0.6 is 11.8 Å². The van der Waals surface area contributed by atoms with E-state index in [1.165, 1.54) is 30.1 Å². The van der Waals surface area contributed by atoms with Crippen molar-refractivity contribution in [2.75, 3.05) is 18.1 Å². The van der Waals surface area contributed by atoms with Crippen LogP contribution in [0, 0.1) is 0 Å². The van der Waals surface area contributed by atoms with Gasteiger partial charge >= 0.3 is 12.1 Å². The van der Waals surface area contributed by atoms with E-state index in [0.29, 0.717) is 10.6 Å². The van der Waals surface area contributed by atoms with Gasteiger partial charge in [0.15, 0.2) is 0 Å². The van der Waals surface area contributed by atoms with Gasteiger partial charge in [-0.2, -0.15) is 13.2 Å². The average Bonchev–Trinajstić information content (AvgIpc) is 2.51. The molecule has 2 N–H and O–H groups in total. The summed E-state index contributed by atoms with van der Waals surface area (Å²) in [5.41, 5.74) is 5.01. The Labute approximate surface area is 134 Å². The Hall–Kier alpha value is -2.22. The molecular weight excluding hydrogens is 329 g/mol. The van der Waals surface area contributed by atoms with Crippen molar-refractivity contribution in [2.45, 2.75) is 11.1 Å². The predicted molar refractivity (Wildman–Crippen MR) is 81.1 cm³/mol. The first-order valence-corrected chi connectivity index (χ1v) is 7.54. The molecule has 0 atom stereocenters. The largest absolute Gasteiger partial charge is 0.461 e. The second kappa shape index (κ2) is 7.36. The fraction of sp³-hybridized carbons (Fsp3) is 0.200. The van der Waals surface area contributed by atoms with Crippen LogP contribution in [0.3, 0.4) is 0 Å². The minimum atomic E-state index is -4.37. The van der Waals surface area contributed by atoms with Gasteiger partial charge in [-0.1, -0.05) is 6.07 Å². The molecule has 0 saturated heterocycles. The van der Waals surface area contributed by atoms with Gasteiger partial charge in [-0.05, 0) is 30.3 Å². The van der Waals surface area contributed by atoms with Crippen molar-refractivity contribution in [2.24, 2.45) is 0 Å². The fourth-order valence-electron chi connectivity index (χ4n) is 1.72. The van der Waals surface area contributed by atoms with Gasteiger partial charge in [0.1, 0.15) is 18.0 Å². The number of carbonyl (C=O) groups is 1. The van der Waals surface area contributed by atoms with Crippen LogP contribution in [-0.2, 0) is 10.9 Å². The molecule has 0 spiro atoms. The number of alkyl halides is 3. The second-order valence-electron chi connectivity index (χ2n) is 4.45. The van der Waals surface area contributed by atoms with Crippen LogP contribution in [-0.4, -0.2) is 23.3 Å². The van der Waals surface area contributed by atoms with Gasteiger partial charge in [0, 0.05) is 16.8 Å². The zero-order valence-corrected chi connectivity index (χ0v) is 12.7. The maximum atomic E-state index is 12.6. The second-order valence-corrected chi connectivity index (χ2v) is 5.61. The molecule has 8 heteroatoms. The molecule has 0 aliphatic carbocycles. The number of rotatable bonds is 5. The quantitative estimate of drug-likeness (QED) is 0.511.